The summed E-state index contributed by atoms with van der Waals surface area (Å²) < 4.78 is 4.27. The first-order chi connectivity index (χ1) is 11.8. The number of nitrogens with zero attached hydrogens (tertiary/aromatic N) is 1. The summed E-state index contributed by atoms with van der Waals surface area (Å²) in [5, 5.41) is 2.69. The van der Waals surface area contributed by atoms with Crippen molar-refractivity contribution in [3.63, 3.8) is 0 Å². The number of hydrogen-bond donors (Lipinski definition) is 0. The van der Waals surface area contributed by atoms with Crippen molar-refractivity contribution < 1.29 is 0 Å². The number of benzene rings is 2. The van der Waals surface area contributed by atoms with Crippen molar-refractivity contribution >= 4 is 49.2 Å². The summed E-state index contributed by atoms with van der Waals surface area (Å²) >= 11 is 0.0784. The molecule has 2 aromatic heterocycles. The molecule has 0 aliphatic heterocycles. The van der Waals surface area contributed by atoms with Crippen molar-refractivity contribution in [1.82, 2.24) is 4.98 Å². The summed E-state index contributed by atoms with van der Waals surface area (Å²) in [6, 6.07) is 16.0. The van der Waals surface area contributed by atoms with Crippen LogP contribution in [-0.2, 0) is 0 Å². The van der Waals surface area contributed by atoms with Crippen LogP contribution in [0.2, 0.25) is 17.3 Å². The van der Waals surface area contributed by atoms with Crippen molar-refractivity contribution in [2.45, 2.75) is 31.1 Å². The molecule has 0 aliphatic rings. The van der Waals surface area contributed by atoms with Gasteiger partial charge in [0.15, 0.2) is 0 Å². The molecule has 1 nitrogen and oxygen atoms in total. The zero-order chi connectivity index (χ0) is 17.8. The molecular formula is C22H23GeNS. The molecule has 25 heavy (non-hydrogen) atoms. The van der Waals surface area contributed by atoms with Crippen LogP contribution in [0.3, 0.4) is 0 Å². The minimum atomic E-state index is -1.81. The maximum atomic E-state index is 4.75. The summed E-state index contributed by atoms with van der Waals surface area (Å²) in [5.74, 6) is 7.37. The molecule has 0 atom stereocenters. The van der Waals surface area contributed by atoms with E-state index in [4.69, 9.17) is 4.98 Å². The minimum absolute atomic E-state index is 1.12. The number of thiophene rings is 1. The van der Waals surface area contributed by atoms with Gasteiger partial charge in [0, 0.05) is 0 Å². The Morgan fingerprint density at radius 2 is 1.56 bits per heavy atom. The van der Waals surface area contributed by atoms with Crippen LogP contribution in [0.4, 0.5) is 0 Å². The average molecular weight is 406 g/mol. The van der Waals surface area contributed by atoms with Crippen LogP contribution in [0.25, 0.3) is 31.4 Å². The second-order valence-corrected chi connectivity index (χ2v) is 19.7. The summed E-state index contributed by atoms with van der Waals surface area (Å²) in [5.41, 5.74) is 4.92. The third-order valence-electron chi connectivity index (χ3n) is 4.75. The molecule has 0 bridgehead atoms. The van der Waals surface area contributed by atoms with Gasteiger partial charge in [0.05, 0.1) is 0 Å². The first-order valence-corrected chi connectivity index (χ1v) is 16.9. The van der Waals surface area contributed by atoms with Crippen molar-refractivity contribution in [3.05, 3.63) is 59.8 Å². The predicted molar refractivity (Wildman–Crippen MR) is 115 cm³/mol. The van der Waals surface area contributed by atoms with Crippen molar-refractivity contribution in [1.29, 1.82) is 0 Å². The Balaban J connectivity index is 2.01. The number of pyridine rings is 1. The van der Waals surface area contributed by atoms with Gasteiger partial charge in [-0.25, -0.2) is 0 Å². The average Bonchev–Trinajstić information content (AvgIpc) is 2.90. The van der Waals surface area contributed by atoms with E-state index in [9.17, 15) is 0 Å². The van der Waals surface area contributed by atoms with Crippen LogP contribution in [0.5, 0.6) is 0 Å². The van der Waals surface area contributed by atoms with Crippen LogP contribution < -0.4 is 4.40 Å². The van der Waals surface area contributed by atoms with Gasteiger partial charge in [-0.1, -0.05) is 0 Å². The Hall–Kier alpha value is -1.65. The molecule has 126 valence electrons. The second kappa shape index (κ2) is 5.96. The third kappa shape index (κ3) is 3.02. The normalized spacial score (nSPS) is 12.2. The Morgan fingerprint density at radius 1 is 0.840 bits per heavy atom. The van der Waals surface area contributed by atoms with Crippen LogP contribution in [-0.4, -0.2) is 18.3 Å². The Kier molecular flexibility index (Phi) is 4.01. The van der Waals surface area contributed by atoms with E-state index in [1.54, 1.807) is 4.40 Å². The first-order valence-electron chi connectivity index (χ1n) is 8.73. The zero-order valence-corrected chi connectivity index (χ0v) is 18.4. The summed E-state index contributed by atoms with van der Waals surface area (Å²) in [6.45, 7) is 4.31. The molecule has 0 saturated carbocycles. The van der Waals surface area contributed by atoms with E-state index in [0.717, 1.165) is 5.69 Å². The number of hydrogen-bond acceptors (Lipinski definition) is 2. The van der Waals surface area contributed by atoms with E-state index in [0.29, 0.717) is 0 Å². The SMILES string of the molecule is Cc1cc(C)cc(-c2nccc3c2sc2c[c]([Ge]([CH3])([CH3])[CH3])ccc23)c1. The monoisotopic (exact) mass is 407 g/mol. The van der Waals surface area contributed by atoms with Gasteiger partial charge >= 0.3 is 156 Å². The van der Waals surface area contributed by atoms with Gasteiger partial charge in [-0.2, -0.15) is 0 Å². The van der Waals surface area contributed by atoms with Crippen LogP contribution in [0.1, 0.15) is 11.1 Å². The van der Waals surface area contributed by atoms with Gasteiger partial charge < -0.3 is 0 Å². The number of rotatable bonds is 2. The van der Waals surface area contributed by atoms with E-state index < -0.39 is 13.3 Å². The van der Waals surface area contributed by atoms with Gasteiger partial charge in [-0.05, 0) is 0 Å². The fourth-order valence-corrected chi connectivity index (χ4v) is 7.39. The summed E-state index contributed by atoms with van der Waals surface area (Å²) in [4.78, 5) is 4.75. The van der Waals surface area contributed by atoms with Gasteiger partial charge in [-0.15, -0.1) is 0 Å². The fourth-order valence-electron chi connectivity index (χ4n) is 3.49. The maximum absolute atomic E-state index is 4.75. The molecule has 0 aliphatic carbocycles. The van der Waals surface area contributed by atoms with Gasteiger partial charge in [0.2, 0.25) is 0 Å². The Bertz CT molecular complexity index is 1080. The zero-order valence-electron chi connectivity index (χ0n) is 15.5. The third-order valence-corrected chi connectivity index (χ3v) is 10.2. The van der Waals surface area contributed by atoms with Crippen molar-refractivity contribution in [2.75, 3.05) is 0 Å². The van der Waals surface area contributed by atoms with Crippen LogP contribution in [0, 0.1) is 13.8 Å². The molecule has 3 heteroatoms. The van der Waals surface area contributed by atoms with E-state index in [1.807, 2.05) is 17.5 Å². The van der Waals surface area contributed by atoms with Gasteiger partial charge in [-0.3, -0.25) is 0 Å². The van der Waals surface area contributed by atoms with Crippen molar-refractivity contribution in [2.24, 2.45) is 0 Å². The second-order valence-electron chi connectivity index (χ2n) is 7.98. The molecule has 2 heterocycles. The topological polar surface area (TPSA) is 12.9 Å². The number of aromatic nitrogens is 1. The summed E-state index contributed by atoms with van der Waals surface area (Å²) in [7, 11) is 0. The van der Waals surface area contributed by atoms with Gasteiger partial charge in [0.1, 0.15) is 0 Å². The summed E-state index contributed by atoms with van der Waals surface area (Å²) in [6.07, 6.45) is 1.96. The number of aryl methyl sites for hydroxylation is 2. The molecule has 0 radical (unpaired) electrons. The van der Waals surface area contributed by atoms with E-state index in [1.165, 1.54) is 36.9 Å². The van der Waals surface area contributed by atoms with Crippen LogP contribution >= 0.6 is 11.3 Å². The molecule has 0 spiro atoms. The van der Waals surface area contributed by atoms with Gasteiger partial charge in [0.25, 0.3) is 0 Å². The van der Waals surface area contributed by atoms with Crippen molar-refractivity contribution in [3.8, 4) is 11.3 Å². The standard InChI is InChI=1S/C22H23GeNS/c1-14-10-15(2)12-16(11-14)21-22-19(8-9-24-21)18-7-6-17(23(3,4)5)13-20(18)25-22/h6-13H,1-5H3. The molecular weight excluding hydrogens is 383 g/mol. The fraction of sp³-hybridized carbons (Fsp3) is 0.227. The Morgan fingerprint density at radius 3 is 2.24 bits per heavy atom. The molecule has 0 unspecified atom stereocenters. The Labute approximate surface area is 156 Å². The predicted octanol–water partition coefficient (Wildman–Crippen LogP) is 6.28. The molecule has 0 N–H and O–H groups in total. The molecule has 4 rings (SSSR count). The van der Waals surface area contributed by atoms with E-state index in [-0.39, 0.29) is 0 Å². The van der Waals surface area contributed by atoms with E-state index >= 15 is 0 Å². The molecule has 0 saturated heterocycles. The number of fused-ring (bicyclic) bond motifs is 3. The molecule has 4 aromatic rings. The quantitative estimate of drug-likeness (QED) is 0.357. The molecule has 0 fully saturated rings. The molecule has 0 amide bonds. The first kappa shape index (κ1) is 16.8. The van der Waals surface area contributed by atoms with E-state index in [2.05, 4.69) is 73.6 Å². The van der Waals surface area contributed by atoms with Crippen LogP contribution in [0.15, 0.2) is 48.7 Å². The molecule has 2 aromatic carbocycles.